The molecule has 1 fully saturated rings. The lowest BCUT2D eigenvalue weighted by molar-refractivity contribution is -0.129. The molecular formula is C22H22F2N4O2S. The Kier molecular flexibility index (Phi) is 6.50. The molecule has 4 rings (SSSR count). The number of aromatic nitrogens is 3. The van der Waals surface area contributed by atoms with Crippen LogP contribution in [0.1, 0.15) is 18.7 Å². The highest BCUT2D eigenvalue weighted by Gasteiger charge is 2.25. The number of likely N-dealkylation sites (tertiary alicyclic amines) is 1. The fourth-order valence-corrected chi connectivity index (χ4v) is 4.56. The number of hydrogen-bond acceptors (Lipinski definition) is 4. The number of hydrogen-bond donors (Lipinski definition) is 1. The van der Waals surface area contributed by atoms with E-state index in [2.05, 4.69) is 10.2 Å². The number of piperidine rings is 1. The molecule has 1 aromatic heterocycles. The highest BCUT2D eigenvalue weighted by atomic mass is 32.2. The van der Waals surface area contributed by atoms with Crippen LogP contribution in [0.2, 0.25) is 0 Å². The molecule has 1 aliphatic heterocycles. The molecule has 9 heteroatoms. The highest BCUT2D eigenvalue weighted by molar-refractivity contribution is 8.00. The van der Waals surface area contributed by atoms with Crippen LogP contribution in [-0.4, -0.2) is 44.4 Å². The van der Waals surface area contributed by atoms with E-state index in [1.807, 2.05) is 4.90 Å². The Morgan fingerprint density at radius 3 is 2.52 bits per heavy atom. The van der Waals surface area contributed by atoms with Crippen molar-refractivity contribution in [2.75, 3.05) is 18.8 Å². The van der Waals surface area contributed by atoms with E-state index in [1.54, 1.807) is 30.3 Å². The number of carbonyl (C=O) groups is 1. The summed E-state index contributed by atoms with van der Waals surface area (Å²) in [5.41, 5.74) is -0.285. The maximum atomic E-state index is 14.2. The second kappa shape index (κ2) is 9.47. The molecule has 162 valence electrons. The monoisotopic (exact) mass is 444 g/mol. The number of halogens is 2. The van der Waals surface area contributed by atoms with Crippen molar-refractivity contribution in [1.82, 2.24) is 19.7 Å². The van der Waals surface area contributed by atoms with E-state index < -0.39 is 11.5 Å². The Hall–Kier alpha value is -2.94. The molecule has 1 saturated heterocycles. The summed E-state index contributed by atoms with van der Waals surface area (Å²) >= 11 is 1.39. The quantitative estimate of drug-likeness (QED) is 0.592. The molecule has 1 amide bonds. The topological polar surface area (TPSA) is 71.0 Å². The number of amides is 1. The zero-order valence-electron chi connectivity index (χ0n) is 16.8. The van der Waals surface area contributed by atoms with Crippen molar-refractivity contribution < 1.29 is 13.6 Å². The van der Waals surface area contributed by atoms with Crippen molar-refractivity contribution in [1.29, 1.82) is 0 Å². The first kappa shape index (κ1) is 21.3. The van der Waals surface area contributed by atoms with Gasteiger partial charge in [-0.15, -0.1) is 11.8 Å². The standard InChI is InChI=1S/C22H22F2N4O2S/c23-16-5-7-17(8-6-16)31-14-21(29)27-11-9-15(10-12-27)13-20-25-26-22(30)28(20)19-4-2-1-3-18(19)24/h1-8,15H,9-14H2,(H,26,30). The van der Waals surface area contributed by atoms with Crippen molar-refractivity contribution in [3.8, 4) is 5.69 Å². The lowest BCUT2D eigenvalue weighted by Gasteiger charge is -2.31. The third-order valence-electron chi connectivity index (χ3n) is 5.45. The van der Waals surface area contributed by atoms with Crippen LogP contribution in [0.4, 0.5) is 8.78 Å². The summed E-state index contributed by atoms with van der Waals surface area (Å²) in [5.74, 6) is 0.321. The summed E-state index contributed by atoms with van der Waals surface area (Å²) < 4.78 is 28.4. The molecule has 1 aliphatic rings. The van der Waals surface area contributed by atoms with E-state index in [4.69, 9.17) is 0 Å². The minimum atomic E-state index is -0.480. The van der Waals surface area contributed by atoms with Crippen LogP contribution in [0.3, 0.4) is 0 Å². The summed E-state index contributed by atoms with van der Waals surface area (Å²) in [6, 6.07) is 12.2. The van der Waals surface area contributed by atoms with Gasteiger partial charge >= 0.3 is 5.69 Å². The molecule has 0 spiro atoms. The smallest absolute Gasteiger partial charge is 0.342 e. The number of H-pyrrole nitrogens is 1. The largest absolute Gasteiger partial charge is 0.348 e. The molecule has 0 bridgehead atoms. The summed E-state index contributed by atoms with van der Waals surface area (Å²) in [6.45, 7) is 1.25. The van der Waals surface area contributed by atoms with E-state index in [9.17, 15) is 18.4 Å². The second-order valence-corrected chi connectivity index (χ2v) is 8.55. The molecule has 2 heterocycles. The zero-order chi connectivity index (χ0) is 21.8. The average molecular weight is 445 g/mol. The lowest BCUT2D eigenvalue weighted by atomic mass is 9.93. The van der Waals surface area contributed by atoms with Gasteiger partial charge in [0.2, 0.25) is 5.91 Å². The average Bonchev–Trinajstić information content (AvgIpc) is 3.14. The summed E-state index contributed by atoms with van der Waals surface area (Å²) in [7, 11) is 0. The molecule has 6 nitrogen and oxygen atoms in total. The number of nitrogens with zero attached hydrogens (tertiary/aromatic N) is 3. The van der Waals surface area contributed by atoms with Gasteiger partial charge in [-0.3, -0.25) is 4.79 Å². The number of aromatic amines is 1. The molecule has 0 atom stereocenters. The van der Waals surface area contributed by atoms with Gasteiger partial charge < -0.3 is 4.90 Å². The van der Waals surface area contributed by atoms with Crippen LogP contribution >= 0.6 is 11.8 Å². The fourth-order valence-electron chi connectivity index (χ4n) is 3.76. The fraction of sp³-hybridized carbons (Fsp3) is 0.318. The Morgan fingerprint density at radius 2 is 1.81 bits per heavy atom. The van der Waals surface area contributed by atoms with Crippen LogP contribution in [-0.2, 0) is 11.2 Å². The van der Waals surface area contributed by atoms with Crippen molar-refractivity contribution in [2.24, 2.45) is 5.92 Å². The van der Waals surface area contributed by atoms with Gasteiger partial charge in [0.15, 0.2) is 0 Å². The van der Waals surface area contributed by atoms with Gasteiger partial charge in [-0.05, 0) is 55.2 Å². The Bertz CT molecular complexity index is 1110. The number of nitrogens with one attached hydrogen (secondary N) is 1. The normalized spacial score (nSPS) is 14.7. The van der Waals surface area contributed by atoms with Gasteiger partial charge in [0, 0.05) is 24.4 Å². The first-order valence-corrected chi connectivity index (χ1v) is 11.1. The summed E-state index contributed by atoms with van der Waals surface area (Å²) in [4.78, 5) is 27.4. The summed E-state index contributed by atoms with van der Waals surface area (Å²) in [5, 5.41) is 6.51. The van der Waals surface area contributed by atoms with Crippen LogP contribution < -0.4 is 5.69 Å². The zero-order valence-corrected chi connectivity index (χ0v) is 17.6. The lowest BCUT2D eigenvalue weighted by Crippen LogP contribution is -2.40. The van der Waals surface area contributed by atoms with Crippen LogP contribution in [0.25, 0.3) is 5.69 Å². The van der Waals surface area contributed by atoms with E-state index in [1.165, 1.54) is 34.5 Å². The van der Waals surface area contributed by atoms with E-state index in [0.717, 1.165) is 17.7 Å². The molecule has 2 aromatic carbocycles. The minimum absolute atomic E-state index is 0.0517. The van der Waals surface area contributed by atoms with Gasteiger partial charge in [-0.1, -0.05) is 12.1 Å². The second-order valence-electron chi connectivity index (χ2n) is 7.50. The predicted molar refractivity (Wildman–Crippen MR) is 114 cm³/mol. The molecule has 31 heavy (non-hydrogen) atoms. The van der Waals surface area contributed by atoms with Gasteiger partial charge in [0.1, 0.15) is 17.5 Å². The van der Waals surface area contributed by atoms with Crippen molar-refractivity contribution >= 4 is 17.7 Å². The van der Waals surface area contributed by atoms with E-state index in [-0.39, 0.29) is 23.3 Å². The number of para-hydroxylation sites is 1. The molecule has 1 N–H and O–H groups in total. The number of benzene rings is 2. The molecule has 3 aromatic rings. The minimum Gasteiger partial charge on any atom is -0.342 e. The Labute approximate surface area is 182 Å². The molecular weight excluding hydrogens is 422 g/mol. The van der Waals surface area contributed by atoms with Gasteiger partial charge in [0.25, 0.3) is 0 Å². The molecule has 0 unspecified atom stereocenters. The van der Waals surface area contributed by atoms with Crippen LogP contribution in [0, 0.1) is 17.6 Å². The van der Waals surface area contributed by atoms with Gasteiger partial charge in [-0.25, -0.2) is 23.2 Å². The van der Waals surface area contributed by atoms with Gasteiger partial charge in [0.05, 0.1) is 11.4 Å². The highest BCUT2D eigenvalue weighted by Crippen LogP contribution is 2.24. The maximum absolute atomic E-state index is 14.2. The summed E-state index contributed by atoms with van der Waals surface area (Å²) in [6.07, 6.45) is 2.09. The predicted octanol–water partition coefficient (Wildman–Crippen LogP) is 3.41. The Morgan fingerprint density at radius 1 is 1.10 bits per heavy atom. The number of rotatable bonds is 6. The number of thioether (sulfide) groups is 1. The van der Waals surface area contributed by atoms with E-state index >= 15 is 0 Å². The van der Waals surface area contributed by atoms with Crippen LogP contribution in [0.15, 0.2) is 58.2 Å². The van der Waals surface area contributed by atoms with Crippen LogP contribution in [0.5, 0.6) is 0 Å². The van der Waals surface area contributed by atoms with E-state index in [0.29, 0.717) is 31.1 Å². The SMILES string of the molecule is O=C(CSc1ccc(F)cc1)N1CCC(Cc2n[nH]c(=O)n2-c2ccccc2F)CC1. The van der Waals surface area contributed by atoms with Crippen molar-refractivity contribution in [3.63, 3.8) is 0 Å². The molecule has 0 radical (unpaired) electrons. The van der Waals surface area contributed by atoms with Crippen molar-refractivity contribution in [2.45, 2.75) is 24.2 Å². The maximum Gasteiger partial charge on any atom is 0.348 e. The first-order chi connectivity index (χ1) is 15.0. The van der Waals surface area contributed by atoms with Crippen molar-refractivity contribution in [3.05, 3.63) is 76.5 Å². The first-order valence-electron chi connectivity index (χ1n) is 10.1. The number of carbonyl (C=O) groups excluding carboxylic acids is 1. The van der Waals surface area contributed by atoms with Gasteiger partial charge in [-0.2, -0.15) is 5.10 Å². The molecule has 0 aliphatic carbocycles. The third-order valence-corrected chi connectivity index (χ3v) is 6.45. The molecule has 0 saturated carbocycles. The Balaban J connectivity index is 1.33. The third kappa shape index (κ3) is 5.04.